The first-order valence-corrected chi connectivity index (χ1v) is 12.5. The molecule has 7 nitrogen and oxygen atoms in total. The van der Waals surface area contributed by atoms with Gasteiger partial charge in [0.05, 0.1) is 14.6 Å². The smallest absolute Gasteiger partial charge is 0.266 e. The second-order valence-corrected chi connectivity index (χ2v) is 9.39. The molecule has 0 saturated heterocycles. The fourth-order valence-corrected chi connectivity index (χ4v) is 5.07. The Hall–Kier alpha value is -3.23. The molecule has 0 aliphatic carbocycles. The number of carbonyl (C=O) groups is 1. The molecule has 0 atom stereocenters. The number of amides is 1. The summed E-state index contributed by atoms with van der Waals surface area (Å²) in [7, 11) is 0. The van der Waals surface area contributed by atoms with Crippen LogP contribution in [0.15, 0.2) is 64.6 Å². The number of fused-ring (bicyclic) bond motifs is 1. The molecule has 1 heterocycles. The number of nitrogens with one attached hydrogen (secondary N) is 1. The predicted molar refractivity (Wildman–Crippen MR) is 144 cm³/mol. The zero-order valence-electron chi connectivity index (χ0n) is 18.6. The zero-order valence-corrected chi connectivity index (χ0v) is 22.4. The maximum atomic E-state index is 12.6. The lowest BCUT2D eigenvalue weighted by molar-refractivity contribution is -0.112. The van der Waals surface area contributed by atoms with Crippen molar-refractivity contribution in [2.24, 2.45) is 0 Å². The quantitative estimate of drug-likeness (QED) is 0.175. The van der Waals surface area contributed by atoms with Gasteiger partial charge in [0, 0.05) is 5.69 Å². The van der Waals surface area contributed by atoms with Crippen LogP contribution in [0.2, 0.25) is 0 Å². The van der Waals surface area contributed by atoms with Crippen LogP contribution in [0.3, 0.4) is 0 Å². The lowest BCUT2D eigenvalue weighted by Crippen LogP contribution is -2.13. The topological polar surface area (TPSA) is 89.8 Å². The van der Waals surface area contributed by atoms with E-state index in [0.717, 1.165) is 14.9 Å². The molecule has 0 radical (unpaired) electrons. The van der Waals surface area contributed by atoms with Gasteiger partial charge in [-0.05, 0) is 111 Å². The van der Waals surface area contributed by atoms with Gasteiger partial charge in [-0.3, -0.25) is 4.79 Å². The highest BCUT2D eigenvalue weighted by Gasteiger charge is 2.15. The van der Waals surface area contributed by atoms with Crippen molar-refractivity contribution in [1.29, 1.82) is 5.26 Å². The normalized spacial score (nSPS) is 12.1. The van der Waals surface area contributed by atoms with Gasteiger partial charge in [-0.25, -0.2) is 0 Å². The maximum Gasteiger partial charge on any atom is 0.266 e. The van der Waals surface area contributed by atoms with Crippen molar-refractivity contribution in [2.45, 2.75) is 13.5 Å². The summed E-state index contributed by atoms with van der Waals surface area (Å²) in [5.41, 5.74) is 2.19. The third-order valence-electron chi connectivity index (χ3n) is 4.94. The van der Waals surface area contributed by atoms with E-state index in [2.05, 4.69) is 43.8 Å². The summed E-state index contributed by atoms with van der Waals surface area (Å²) < 4.78 is 23.7. The van der Waals surface area contributed by atoms with Crippen molar-refractivity contribution >= 4 is 56.2 Å². The Morgan fingerprint density at radius 1 is 1.14 bits per heavy atom. The van der Waals surface area contributed by atoms with Crippen LogP contribution in [0.1, 0.15) is 18.1 Å². The van der Waals surface area contributed by atoms with Gasteiger partial charge >= 0.3 is 0 Å². The Bertz CT molecular complexity index is 1300. The highest BCUT2D eigenvalue weighted by molar-refractivity contribution is 14.1. The second-order valence-electron chi connectivity index (χ2n) is 7.37. The van der Waals surface area contributed by atoms with E-state index in [1.54, 1.807) is 36.4 Å². The summed E-state index contributed by atoms with van der Waals surface area (Å²) in [5, 5.41) is 12.3. The van der Waals surface area contributed by atoms with Gasteiger partial charge in [-0.15, -0.1) is 0 Å². The number of anilines is 1. The number of hydrogen-bond acceptors (Lipinski definition) is 6. The van der Waals surface area contributed by atoms with Crippen LogP contribution in [-0.2, 0) is 11.4 Å². The summed E-state index contributed by atoms with van der Waals surface area (Å²) >= 11 is 5.71. The van der Waals surface area contributed by atoms with Gasteiger partial charge in [0.2, 0.25) is 6.79 Å². The standard InChI is InChI=1S/C26H20BrIN2O5/c1-2-32-20-6-4-19(5-7-20)30-26(31)18(13-29)9-17-10-21(27)25(22(28)11-17)33-14-16-3-8-23-24(12-16)35-15-34-23/h3-12H,2,14-15H2,1H3,(H,30,31)/b18-9-. The molecule has 1 amide bonds. The van der Waals surface area contributed by atoms with Crippen LogP contribution in [0, 0.1) is 14.9 Å². The molecule has 0 aromatic heterocycles. The molecular formula is C26H20BrIN2O5. The Kier molecular flexibility index (Phi) is 8.15. The van der Waals surface area contributed by atoms with Crippen LogP contribution >= 0.6 is 38.5 Å². The van der Waals surface area contributed by atoms with Crippen LogP contribution < -0.4 is 24.3 Å². The predicted octanol–water partition coefficient (Wildman–Crippen LogP) is 6.31. The fourth-order valence-electron chi connectivity index (χ4n) is 3.30. The number of carbonyl (C=O) groups excluding carboxylic acids is 1. The Morgan fingerprint density at radius 3 is 2.63 bits per heavy atom. The second kappa shape index (κ2) is 11.5. The monoisotopic (exact) mass is 646 g/mol. The van der Waals surface area contributed by atoms with Gasteiger partial charge in [0.15, 0.2) is 11.5 Å². The SMILES string of the molecule is CCOc1ccc(NC(=O)/C(C#N)=C\c2cc(Br)c(OCc3ccc4c(c3)OCO4)c(I)c2)cc1. The van der Waals surface area contributed by atoms with Crippen molar-refractivity contribution in [3.05, 3.63) is 79.3 Å². The Labute approximate surface area is 224 Å². The van der Waals surface area contributed by atoms with Crippen LogP contribution in [0.25, 0.3) is 6.08 Å². The minimum absolute atomic E-state index is 0.0180. The summed E-state index contributed by atoms with van der Waals surface area (Å²) in [4.78, 5) is 12.6. The number of halogens is 2. The third kappa shape index (κ3) is 6.26. The molecular weight excluding hydrogens is 627 g/mol. The maximum absolute atomic E-state index is 12.6. The van der Waals surface area contributed by atoms with Gasteiger partial charge in [0.25, 0.3) is 5.91 Å². The van der Waals surface area contributed by atoms with Crippen molar-refractivity contribution in [3.8, 4) is 29.1 Å². The lowest BCUT2D eigenvalue weighted by atomic mass is 10.1. The summed E-state index contributed by atoms with van der Waals surface area (Å²) in [6, 6.07) is 18.3. The highest BCUT2D eigenvalue weighted by atomic mass is 127. The molecule has 9 heteroatoms. The Balaban J connectivity index is 1.45. The van der Waals surface area contributed by atoms with Crippen molar-refractivity contribution in [3.63, 3.8) is 0 Å². The fraction of sp³-hybridized carbons (Fsp3) is 0.154. The summed E-state index contributed by atoms with van der Waals surface area (Å²) in [6.45, 7) is 3.02. The summed E-state index contributed by atoms with van der Waals surface area (Å²) in [6.07, 6.45) is 1.54. The number of ether oxygens (including phenoxy) is 4. The lowest BCUT2D eigenvalue weighted by Gasteiger charge is -2.12. The largest absolute Gasteiger partial charge is 0.494 e. The first-order chi connectivity index (χ1) is 17.0. The first-order valence-electron chi connectivity index (χ1n) is 10.6. The van der Waals surface area contributed by atoms with Gasteiger partial charge in [-0.1, -0.05) is 6.07 Å². The molecule has 3 aromatic rings. The van der Waals surface area contributed by atoms with Gasteiger partial charge in [0.1, 0.15) is 29.7 Å². The third-order valence-corrected chi connectivity index (χ3v) is 6.33. The van der Waals surface area contributed by atoms with E-state index in [0.29, 0.717) is 46.2 Å². The van der Waals surface area contributed by atoms with Crippen LogP contribution in [-0.4, -0.2) is 19.3 Å². The van der Waals surface area contributed by atoms with Gasteiger partial charge < -0.3 is 24.3 Å². The van der Waals surface area contributed by atoms with Crippen molar-refractivity contribution in [1.82, 2.24) is 0 Å². The van der Waals surface area contributed by atoms with Crippen LogP contribution in [0.5, 0.6) is 23.0 Å². The van der Waals surface area contributed by atoms with E-state index in [-0.39, 0.29) is 12.4 Å². The zero-order chi connectivity index (χ0) is 24.8. The number of hydrogen-bond donors (Lipinski definition) is 1. The van der Waals surface area contributed by atoms with E-state index in [9.17, 15) is 10.1 Å². The van der Waals surface area contributed by atoms with E-state index >= 15 is 0 Å². The molecule has 1 aliphatic heterocycles. The molecule has 0 spiro atoms. The first kappa shape index (κ1) is 24.9. The van der Waals surface area contributed by atoms with Gasteiger partial charge in [-0.2, -0.15) is 5.26 Å². The molecule has 0 bridgehead atoms. The highest BCUT2D eigenvalue weighted by Crippen LogP contribution is 2.35. The molecule has 3 aromatic carbocycles. The van der Waals surface area contributed by atoms with E-state index in [1.807, 2.05) is 37.3 Å². The number of nitrogens with zero attached hydrogens (tertiary/aromatic N) is 1. The Morgan fingerprint density at radius 2 is 1.91 bits per heavy atom. The molecule has 0 fully saturated rings. The molecule has 1 N–H and O–H groups in total. The molecule has 0 unspecified atom stereocenters. The summed E-state index contributed by atoms with van der Waals surface area (Å²) in [5.74, 6) is 2.30. The number of nitriles is 1. The average molecular weight is 647 g/mol. The van der Waals surface area contributed by atoms with Crippen LogP contribution in [0.4, 0.5) is 5.69 Å². The van der Waals surface area contributed by atoms with Crippen molar-refractivity contribution < 1.29 is 23.7 Å². The molecule has 1 aliphatic rings. The minimum Gasteiger partial charge on any atom is -0.494 e. The number of benzene rings is 3. The molecule has 178 valence electrons. The molecule has 35 heavy (non-hydrogen) atoms. The van der Waals surface area contributed by atoms with Crippen molar-refractivity contribution in [2.75, 3.05) is 18.7 Å². The molecule has 0 saturated carbocycles. The van der Waals surface area contributed by atoms with E-state index in [4.69, 9.17) is 18.9 Å². The van der Waals surface area contributed by atoms with E-state index in [1.165, 1.54) is 0 Å². The average Bonchev–Trinajstić information content (AvgIpc) is 3.31. The minimum atomic E-state index is -0.495. The molecule has 4 rings (SSSR count). The van der Waals surface area contributed by atoms with E-state index < -0.39 is 5.91 Å². The number of rotatable bonds is 8.